The number of carbonyl (C=O) groups excluding carboxylic acids is 1. The lowest BCUT2D eigenvalue weighted by atomic mass is 9.74. The highest BCUT2D eigenvalue weighted by atomic mass is 32.2. The fraction of sp³-hybridized carbons (Fsp3) is 0.929. The Labute approximate surface area is 122 Å². The molecule has 5 nitrogen and oxygen atoms in total. The lowest BCUT2D eigenvalue weighted by Gasteiger charge is -2.44. The van der Waals surface area contributed by atoms with Gasteiger partial charge in [0.2, 0.25) is 0 Å². The molecule has 0 aliphatic carbocycles. The summed E-state index contributed by atoms with van der Waals surface area (Å²) in [6.07, 6.45) is 3.41. The van der Waals surface area contributed by atoms with Crippen LogP contribution in [0.2, 0.25) is 0 Å². The lowest BCUT2D eigenvalue weighted by Crippen LogP contribution is -2.47. The Morgan fingerprint density at radius 3 is 2.10 bits per heavy atom. The van der Waals surface area contributed by atoms with Gasteiger partial charge < -0.3 is 9.64 Å². The van der Waals surface area contributed by atoms with E-state index in [9.17, 15) is 9.00 Å². The van der Waals surface area contributed by atoms with E-state index in [1.54, 1.807) is 4.90 Å². The Kier molecular flexibility index (Phi) is 4.06. The van der Waals surface area contributed by atoms with Crippen molar-refractivity contribution >= 4 is 15.8 Å². The molecule has 2 fully saturated rings. The summed E-state index contributed by atoms with van der Waals surface area (Å²) in [4.78, 5) is 13.8. The van der Waals surface area contributed by atoms with Crippen LogP contribution in [0.5, 0.6) is 0 Å². The van der Waals surface area contributed by atoms with Crippen LogP contribution >= 0.6 is 0 Å². The molecule has 116 valence electrons. The largest absolute Gasteiger partial charge is 0.444 e. The second kappa shape index (κ2) is 5.20. The van der Waals surface area contributed by atoms with Crippen molar-refractivity contribution in [2.24, 2.45) is 5.41 Å². The highest BCUT2D eigenvalue weighted by Crippen LogP contribution is 2.42. The van der Waals surface area contributed by atoms with Crippen LogP contribution in [0.4, 0.5) is 4.79 Å². The zero-order valence-electron chi connectivity index (χ0n) is 12.7. The maximum absolute atomic E-state index is 12.0. The second-order valence-corrected chi connectivity index (χ2v) is 9.63. The van der Waals surface area contributed by atoms with Crippen LogP contribution in [0.25, 0.3) is 0 Å². The third-order valence-electron chi connectivity index (χ3n) is 4.40. The number of likely N-dealkylation sites (tertiary alicyclic amines) is 1. The van der Waals surface area contributed by atoms with E-state index in [1.165, 1.54) is 0 Å². The number of amides is 1. The number of rotatable bonds is 0. The molecule has 1 N–H and O–H groups in total. The van der Waals surface area contributed by atoms with Gasteiger partial charge in [0.1, 0.15) is 5.60 Å². The van der Waals surface area contributed by atoms with Crippen molar-refractivity contribution in [1.82, 2.24) is 4.90 Å². The van der Waals surface area contributed by atoms with Gasteiger partial charge in [-0.05, 0) is 51.9 Å². The van der Waals surface area contributed by atoms with E-state index in [0.717, 1.165) is 25.7 Å². The van der Waals surface area contributed by atoms with Gasteiger partial charge in [-0.2, -0.15) is 0 Å². The summed E-state index contributed by atoms with van der Waals surface area (Å²) in [7, 11) is -2.32. The average Bonchev–Trinajstić information content (AvgIpc) is 2.32. The molecule has 2 aliphatic heterocycles. The van der Waals surface area contributed by atoms with Crippen molar-refractivity contribution in [2.75, 3.05) is 24.6 Å². The van der Waals surface area contributed by atoms with Gasteiger partial charge in [0.25, 0.3) is 0 Å². The molecule has 2 saturated heterocycles. The van der Waals surface area contributed by atoms with Crippen molar-refractivity contribution in [1.29, 1.82) is 4.78 Å². The Morgan fingerprint density at radius 1 is 1.15 bits per heavy atom. The molecule has 20 heavy (non-hydrogen) atoms. The molecule has 0 aromatic rings. The number of nitrogens with zero attached hydrogens (tertiary/aromatic N) is 1. The van der Waals surface area contributed by atoms with Crippen LogP contribution < -0.4 is 0 Å². The predicted octanol–water partition coefficient (Wildman–Crippen LogP) is 2.84. The number of carbonyl (C=O) groups is 1. The molecule has 0 radical (unpaired) electrons. The molecular weight excluding hydrogens is 276 g/mol. The Balaban J connectivity index is 1.88. The van der Waals surface area contributed by atoms with Gasteiger partial charge in [-0.1, -0.05) is 0 Å². The third kappa shape index (κ3) is 3.87. The van der Waals surface area contributed by atoms with Crippen LogP contribution in [-0.2, 0) is 14.5 Å². The molecule has 0 unspecified atom stereocenters. The quantitative estimate of drug-likeness (QED) is 0.748. The highest BCUT2D eigenvalue weighted by Gasteiger charge is 2.40. The summed E-state index contributed by atoms with van der Waals surface area (Å²) < 4.78 is 24.8. The van der Waals surface area contributed by atoms with Crippen molar-refractivity contribution in [2.45, 2.75) is 52.1 Å². The fourth-order valence-corrected chi connectivity index (χ4v) is 4.71. The summed E-state index contributed by atoms with van der Waals surface area (Å²) in [5, 5.41) is 0. The first-order valence-electron chi connectivity index (χ1n) is 7.33. The van der Waals surface area contributed by atoms with E-state index in [-0.39, 0.29) is 11.5 Å². The molecule has 0 atom stereocenters. The number of hydrogen-bond donors (Lipinski definition) is 1. The van der Waals surface area contributed by atoms with Crippen molar-refractivity contribution in [3.63, 3.8) is 0 Å². The van der Waals surface area contributed by atoms with Crippen LogP contribution in [0.1, 0.15) is 46.5 Å². The van der Waals surface area contributed by atoms with Crippen LogP contribution in [0.15, 0.2) is 0 Å². The first-order valence-corrected chi connectivity index (χ1v) is 9.23. The van der Waals surface area contributed by atoms with E-state index < -0.39 is 15.3 Å². The fourth-order valence-electron chi connectivity index (χ4n) is 2.98. The summed E-state index contributed by atoms with van der Waals surface area (Å²) >= 11 is 0. The summed E-state index contributed by atoms with van der Waals surface area (Å²) in [5.74, 6) is 1.05. The summed E-state index contributed by atoms with van der Waals surface area (Å²) in [6, 6.07) is 0. The first kappa shape index (κ1) is 15.6. The smallest absolute Gasteiger partial charge is 0.410 e. The van der Waals surface area contributed by atoms with Gasteiger partial charge in [0, 0.05) is 34.3 Å². The zero-order valence-corrected chi connectivity index (χ0v) is 13.6. The van der Waals surface area contributed by atoms with Gasteiger partial charge in [0.05, 0.1) is 0 Å². The minimum absolute atomic E-state index is 0.209. The van der Waals surface area contributed by atoms with Crippen molar-refractivity contribution < 1.29 is 13.7 Å². The van der Waals surface area contributed by atoms with E-state index in [2.05, 4.69) is 0 Å². The van der Waals surface area contributed by atoms with E-state index in [0.29, 0.717) is 24.6 Å². The average molecular weight is 302 g/mol. The number of piperidine rings is 1. The van der Waals surface area contributed by atoms with E-state index in [1.807, 2.05) is 20.8 Å². The van der Waals surface area contributed by atoms with Gasteiger partial charge >= 0.3 is 6.09 Å². The molecule has 6 heteroatoms. The predicted molar refractivity (Wildman–Crippen MR) is 79.3 cm³/mol. The molecule has 0 aromatic carbocycles. The maximum Gasteiger partial charge on any atom is 0.410 e. The topological polar surface area (TPSA) is 70.5 Å². The molecule has 2 aliphatic rings. The standard InChI is InChI=1S/C14H26N2O3S/c1-13(2,3)19-12(17)16-8-4-14(5-9-16)6-10-20(15,18)11-7-14/h15H,4-11H2,1-3H3. The number of nitrogens with one attached hydrogen (secondary N) is 1. The number of hydrogen-bond acceptors (Lipinski definition) is 4. The molecule has 0 saturated carbocycles. The third-order valence-corrected chi connectivity index (χ3v) is 6.13. The summed E-state index contributed by atoms with van der Waals surface area (Å²) in [5.41, 5.74) is -0.242. The first-order chi connectivity index (χ1) is 9.11. The maximum atomic E-state index is 12.0. The second-order valence-electron chi connectivity index (χ2n) is 7.19. The minimum Gasteiger partial charge on any atom is -0.444 e. The Bertz CT molecular complexity index is 455. The van der Waals surface area contributed by atoms with Gasteiger partial charge in [-0.15, -0.1) is 0 Å². The van der Waals surface area contributed by atoms with Crippen LogP contribution in [0, 0.1) is 10.2 Å². The molecule has 2 rings (SSSR count). The Morgan fingerprint density at radius 2 is 1.65 bits per heavy atom. The molecule has 0 aromatic heterocycles. The van der Waals surface area contributed by atoms with Crippen LogP contribution in [0.3, 0.4) is 0 Å². The summed E-state index contributed by atoms with van der Waals surface area (Å²) in [6.45, 7) is 7.06. The van der Waals surface area contributed by atoms with Gasteiger partial charge in [0.15, 0.2) is 0 Å². The van der Waals surface area contributed by atoms with Crippen molar-refractivity contribution in [3.8, 4) is 0 Å². The highest BCUT2D eigenvalue weighted by molar-refractivity contribution is 7.92. The SMILES string of the molecule is CC(C)(C)OC(=O)N1CCC2(CC1)CCS(=N)(=O)CC2. The lowest BCUT2D eigenvalue weighted by molar-refractivity contribution is 0.00871. The van der Waals surface area contributed by atoms with Gasteiger partial charge in [-0.3, -0.25) is 4.78 Å². The normalized spacial score (nSPS) is 25.4. The molecular formula is C14H26N2O3S. The van der Waals surface area contributed by atoms with Crippen molar-refractivity contribution in [3.05, 3.63) is 0 Å². The molecule has 2 heterocycles. The van der Waals surface area contributed by atoms with E-state index in [4.69, 9.17) is 9.52 Å². The zero-order chi connectivity index (χ0) is 15.0. The molecule has 1 amide bonds. The number of ether oxygens (including phenoxy) is 1. The van der Waals surface area contributed by atoms with Crippen LogP contribution in [-0.4, -0.2) is 45.4 Å². The molecule has 1 spiro atoms. The van der Waals surface area contributed by atoms with E-state index >= 15 is 0 Å². The monoisotopic (exact) mass is 302 g/mol. The molecule has 0 bridgehead atoms. The minimum atomic E-state index is -2.32. The Hall–Kier alpha value is -0.780. The van der Waals surface area contributed by atoms with Gasteiger partial charge in [-0.25, -0.2) is 9.00 Å².